The van der Waals surface area contributed by atoms with E-state index in [1.165, 1.54) is 19.2 Å². The van der Waals surface area contributed by atoms with Crippen molar-refractivity contribution >= 4 is 0 Å². The number of aliphatic hydroxyl groups is 1. The standard InChI is InChI=1S/C11H15FO2/c1-11(2,13)7-8-6-9(12)4-5-10(8)14-3/h4-6,13H,7H2,1-3H3. The summed E-state index contributed by atoms with van der Waals surface area (Å²) < 4.78 is 18.0. The van der Waals surface area contributed by atoms with Gasteiger partial charge in [-0.25, -0.2) is 4.39 Å². The third-order valence-electron chi connectivity index (χ3n) is 1.87. The van der Waals surface area contributed by atoms with E-state index < -0.39 is 5.60 Å². The van der Waals surface area contributed by atoms with E-state index >= 15 is 0 Å². The molecule has 14 heavy (non-hydrogen) atoms. The fourth-order valence-electron chi connectivity index (χ4n) is 1.35. The molecule has 0 radical (unpaired) electrons. The molecule has 0 heterocycles. The molecule has 0 fully saturated rings. The highest BCUT2D eigenvalue weighted by Crippen LogP contribution is 2.23. The quantitative estimate of drug-likeness (QED) is 0.806. The van der Waals surface area contributed by atoms with Crippen LogP contribution in [0.1, 0.15) is 19.4 Å². The molecule has 78 valence electrons. The van der Waals surface area contributed by atoms with Crippen molar-refractivity contribution in [1.82, 2.24) is 0 Å². The van der Waals surface area contributed by atoms with E-state index in [0.29, 0.717) is 17.7 Å². The normalized spacial score (nSPS) is 11.5. The minimum Gasteiger partial charge on any atom is -0.496 e. The Morgan fingerprint density at radius 2 is 2.07 bits per heavy atom. The number of rotatable bonds is 3. The molecule has 1 aromatic carbocycles. The van der Waals surface area contributed by atoms with Gasteiger partial charge < -0.3 is 9.84 Å². The molecule has 1 rings (SSSR count). The van der Waals surface area contributed by atoms with E-state index in [0.717, 1.165) is 0 Å². The van der Waals surface area contributed by atoms with Crippen LogP contribution in [-0.4, -0.2) is 17.8 Å². The summed E-state index contributed by atoms with van der Waals surface area (Å²) in [5, 5.41) is 9.60. The summed E-state index contributed by atoms with van der Waals surface area (Å²) in [7, 11) is 1.53. The third kappa shape index (κ3) is 3.00. The van der Waals surface area contributed by atoms with Crippen LogP contribution in [0.3, 0.4) is 0 Å². The third-order valence-corrected chi connectivity index (χ3v) is 1.87. The highest BCUT2D eigenvalue weighted by atomic mass is 19.1. The van der Waals surface area contributed by atoms with Gasteiger partial charge in [0.25, 0.3) is 0 Å². The molecule has 0 aliphatic rings. The lowest BCUT2D eigenvalue weighted by atomic mass is 9.98. The first-order chi connectivity index (χ1) is 6.42. The largest absolute Gasteiger partial charge is 0.496 e. The summed E-state index contributed by atoms with van der Waals surface area (Å²) >= 11 is 0. The second kappa shape index (κ2) is 3.96. The van der Waals surface area contributed by atoms with Gasteiger partial charge in [0.1, 0.15) is 11.6 Å². The maximum absolute atomic E-state index is 12.9. The maximum Gasteiger partial charge on any atom is 0.123 e. The van der Waals surface area contributed by atoms with Crippen molar-refractivity contribution in [3.05, 3.63) is 29.6 Å². The predicted molar refractivity (Wildman–Crippen MR) is 53.0 cm³/mol. The summed E-state index contributed by atoms with van der Waals surface area (Å²) in [6.45, 7) is 3.36. The highest BCUT2D eigenvalue weighted by Gasteiger charge is 2.16. The molecule has 0 saturated carbocycles. The Hall–Kier alpha value is -1.09. The van der Waals surface area contributed by atoms with E-state index in [1.807, 2.05) is 0 Å². The molecule has 0 spiro atoms. The lowest BCUT2D eigenvalue weighted by Gasteiger charge is -2.18. The second-order valence-corrected chi connectivity index (χ2v) is 3.95. The van der Waals surface area contributed by atoms with Gasteiger partial charge >= 0.3 is 0 Å². The van der Waals surface area contributed by atoms with Crippen molar-refractivity contribution in [3.63, 3.8) is 0 Å². The molecule has 3 heteroatoms. The van der Waals surface area contributed by atoms with Gasteiger partial charge in [0, 0.05) is 6.42 Å². The van der Waals surface area contributed by atoms with Gasteiger partial charge in [-0.3, -0.25) is 0 Å². The molecule has 0 aliphatic carbocycles. The van der Waals surface area contributed by atoms with Crippen LogP contribution in [0.5, 0.6) is 5.75 Å². The molecule has 0 unspecified atom stereocenters. The Morgan fingerprint density at radius 1 is 1.43 bits per heavy atom. The monoisotopic (exact) mass is 198 g/mol. The van der Waals surface area contributed by atoms with E-state index in [1.54, 1.807) is 19.9 Å². The first-order valence-corrected chi connectivity index (χ1v) is 4.47. The Morgan fingerprint density at radius 3 is 2.57 bits per heavy atom. The smallest absolute Gasteiger partial charge is 0.123 e. The van der Waals surface area contributed by atoms with Crippen LogP contribution in [-0.2, 0) is 6.42 Å². The molecular formula is C11H15FO2. The first kappa shape index (κ1) is 11.0. The number of ether oxygens (including phenoxy) is 1. The summed E-state index contributed by atoms with van der Waals surface area (Å²) in [4.78, 5) is 0. The van der Waals surface area contributed by atoms with Gasteiger partial charge in [0.15, 0.2) is 0 Å². The molecule has 0 bridgehead atoms. The van der Waals surface area contributed by atoms with Crippen LogP contribution in [0.15, 0.2) is 18.2 Å². The zero-order valence-corrected chi connectivity index (χ0v) is 8.67. The number of hydrogen-bond acceptors (Lipinski definition) is 2. The number of hydrogen-bond donors (Lipinski definition) is 1. The molecule has 0 saturated heterocycles. The zero-order valence-electron chi connectivity index (χ0n) is 8.67. The van der Waals surface area contributed by atoms with Crippen molar-refractivity contribution in [1.29, 1.82) is 0 Å². The molecular weight excluding hydrogens is 183 g/mol. The average Bonchev–Trinajstić information content (AvgIpc) is 2.01. The highest BCUT2D eigenvalue weighted by molar-refractivity contribution is 5.34. The summed E-state index contributed by atoms with van der Waals surface area (Å²) in [6, 6.07) is 4.29. The van der Waals surface area contributed by atoms with E-state index in [2.05, 4.69) is 0 Å². The van der Waals surface area contributed by atoms with Crippen LogP contribution < -0.4 is 4.74 Å². The van der Waals surface area contributed by atoms with E-state index in [4.69, 9.17) is 4.74 Å². The molecule has 0 aliphatic heterocycles. The number of benzene rings is 1. The van der Waals surface area contributed by atoms with Crippen LogP contribution >= 0.6 is 0 Å². The van der Waals surface area contributed by atoms with Crippen molar-refractivity contribution in [3.8, 4) is 5.75 Å². The molecule has 2 nitrogen and oxygen atoms in total. The minimum atomic E-state index is -0.860. The lowest BCUT2D eigenvalue weighted by Crippen LogP contribution is -2.22. The minimum absolute atomic E-state index is 0.315. The van der Waals surface area contributed by atoms with Crippen molar-refractivity contribution in [2.24, 2.45) is 0 Å². The maximum atomic E-state index is 12.9. The zero-order chi connectivity index (χ0) is 10.8. The fraction of sp³-hybridized carbons (Fsp3) is 0.455. The predicted octanol–water partition coefficient (Wildman–Crippen LogP) is 2.15. The van der Waals surface area contributed by atoms with Crippen molar-refractivity contribution in [2.75, 3.05) is 7.11 Å². The Kier molecular flexibility index (Phi) is 3.11. The number of methoxy groups -OCH3 is 1. The van der Waals surface area contributed by atoms with Gasteiger partial charge in [-0.15, -0.1) is 0 Å². The van der Waals surface area contributed by atoms with Gasteiger partial charge in [-0.1, -0.05) is 0 Å². The summed E-state index contributed by atoms with van der Waals surface area (Å²) in [5.41, 5.74) is -0.179. The van der Waals surface area contributed by atoms with Crippen LogP contribution in [0, 0.1) is 5.82 Å². The Bertz CT molecular complexity index is 316. The van der Waals surface area contributed by atoms with Gasteiger partial charge in [0.2, 0.25) is 0 Å². The Labute approximate surface area is 83.3 Å². The SMILES string of the molecule is COc1ccc(F)cc1CC(C)(C)O. The first-order valence-electron chi connectivity index (χ1n) is 4.47. The lowest BCUT2D eigenvalue weighted by molar-refractivity contribution is 0.0802. The topological polar surface area (TPSA) is 29.5 Å². The van der Waals surface area contributed by atoms with Gasteiger partial charge in [-0.05, 0) is 37.6 Å². The van der Waals surface area contributed by atoms with Crippen LogP contribution in [0.4, 0.5) is 4.39 Å². The van der Waals surface area contributed by atoms with Gasteiger partial charge in [0.05, 0.1) is 12.7 Å². The Balaban J connectivity index is 2.99. The van der Waals surface area contributed by atoms with Crippen LogP contribution in [0.2, 0.25) is 0 Å². The van der Waals surface area contributed by atoms with Crippen molar-refractivity contribution in [2.45, 2.75) is 25.9 Å². The van der Waals surface area contributed by atoms with Crippen LogP contribution in [0.25, 0.3) is 0 Å². The molecule has 0 amide bonds. The molecule has 0 atom stereocenters. The van der Waals surface area contributed by atoms with E-state index in [9.17, 15) is 9.50 Å². The van der Waals surface area contributed by atoms with Crippen molar-refractivity contribution < 1.29 is 14.2 Å². The van der Waals surface area contributed by atoms with Gasteiger partial charge in [-0.2, -0.15) is 0 Å². The second-order valence-electron chi connectivity index (χ2n) is 3.95. The molecule has 0 aromatic heterocycles. The summed E-state index contributed by atoms with van der Waals surface area (Å²) in [6.07, 6.45) is 0.369. The molecule has 1 N–H and O–H groups in total. The fourth-order valence-corrected chi connectivity index (χ4v) is 1.35. The molecule has 1 aromatic rings. The number of halogens is 1. The van der Waals surface area contributed by atoms with E-state index in [-0.39, 0.29) is 5.82 Å². The summed E-state index contributed by atoms with van der Waals surface area (Å²) in [5.74, 6) is 0.290. The average molecular weight is 198 g/mol.